The third-order valence-corrected chi connectivity index (χ3v) is 4.61. The van der Waals surface area contributed by atoms with E-state index in [9.17, 15) is 0 Å². The molecule has 2 rings (SSSR count). The first-order valence-corrected chi connectivity index (χ1v) is 7.94. The molecule has 2 heteroatoms. The molecule has 0 aromatic heterocycles. The van der Waals surface area contributed by atoms with Crippen molar-refractivity contribution in [2.75, 3.05) is 13.1 Å². The maximum atomic E-state index is 3.86. The fourth-order valence-corrected chi connectivity index (χ4v) is 3.85. The van der Waals surface area contributed by atoms with Gasteiger partial charge in [0.15, 0.2) is 0 Å². The smallest absolute Gasteiger partial charge is 0.0570 e. The number of nitrogens with zero attached hydrogens (tertiary/aromatic N) is 1. The molecule has 0 bridgehead atoms. The van der Waals surface area contributed by atoms with Crippen LogP contribution in [-0.4, -0.2) is 30.2 Å². The Labute approximate surface area is 114 Å². The standard InChI is InChI=1S/C16H32N2/c1-13(18-9-5-6-10-18)17-15-8-7-14(11-15)12-16(2,3)4/h13-15,17H,5-12H2,1-4H3. The monoisotopic (exact) mass is 252 g/mol. The molecule has 1 N–H and O–H groups in total. The highest BCUT2D eigenvalue weighted by Crippen LogP contribution is 2.35. The summed E-state index contributed by atoms with van der Waals surface area (Å²) >= 11 is 0. The molecular formula is C16H32N2. The molecule has 0 radical (unpaired) electrons. The third kappa shape index (κ3) is 4.24. The second kappa shape index (κ2) is 5.92. The van der Waals surface area contributed by atoms with Gasteiger partial charge in [-0.2, -0.15) is 0 Å². The van der Waals surface area contributed by atoms with Crippen molar-refractivity contribution in [1.29, 1.82) is 0 Å². The summed E-state index contributed by atoms with van der Waals surface area (Å²) in [5.41, 5.74) is 0.500. The van der Waals surface area contributed by atoms with Gasteiger partial charge in [0.05, 0.1) is 6.17 Å². The lowest BCUT2D eigenvalue weighted by Gasteiger charge is -2.28. The van der Waals surface area contributed by atoms with E-state index in [0.29, 0.717) is 11.6 Å². The second-order valence-corrected chi connectivity index (χ2v) is 7.73. The van der Waals surface area contributed by atoms with Crippen LogP contribution in [0.5, 0.6) is 0 Å². The lowest BCUT2D eigenvalue weighted by molar-refractivity contribution is 0.199. The summed E-state index contributed by atoms with van der Waals surface area (Å²) in [5, 5.41) is 3.86. The van der Waals surface area contributed by atoms with Crippen LogP contribution in [0.4, 0.5) is 0 Å². The minimum Gasteiger partial charge on any atom is -0.299 e. The predicted molar refractivity (Wildman–Crippen MR) is 78.6 cm³/mol. The van der Waals surface area contributed by atoms with Crippen LogP contribution in [0.3, 0.4) is 0 Å². The molecule has 2 fully saturated rings. The second-order valence-electron chi connectivity index (χ2n) is 7.73. The summed E-state index contributed by atoms with van der Waals surface area (Å²) in [4.78, 5) is 2.61. The van der Waals surface area contributed by atoms with Crippen molar-refractivity contribution < 1.29 is 0 Å². The van der Waals surface area contributed by atoms with Gasteiger partial charge in [0.1, 0.15) is 0 Å². The Bertz CT molecular complexity index is 250. The van der Waals surface area contributed by atoms with Crippen molar-refractivity contribution >= 4 is 0 Å². The van der Waals surface area contributed by atoms with E-state index in [2.05, 4.69) is 37.9 Å². The van der Waals surface area contributed by atoms with Gasteiger partial charge in [-0.15, -0.1) is 0 Å². The van der Waals surface area contributed by atoms with Gasteiger partial charge in [-0.3, -0.25) is 10.2 Å². The van der Waals surface area contributed by atoms with Crippen LogP contribution < -0.4 is 5.32 Å². The highest BCUT2D eigenvalue weighted by atomic mass is 15.3. The van der Waals surface area contributed by atoms with Crippen LogP contribution in [0.25, 0.3) is 0 Å². The van der Waals surface area contributed by atoms with Gasteiger partial charge in [-0.25, -0.2) is 0 Å². The first-order chi connectivity index (χ1) is 8.44. The first kappa shape index (κ1) is 14.3. The van der Waals surface area contributed by atoms with E-state index in [1.165, 1.54) is 51.6 Å². The zero-order chi connectivity index (χ0) is 13.2. The van der Waals surface area contributed by atoms with Crippen LogP contribution in [-0.2, 0) is 0 Å². The number of nitrogens with one attached hydrogen (secondary N) is 1. The summed E-state index contributed by atoms with van der Waals surface area (Å²) in [6.45, 7) is 12.1. The van der Waals surface area contributed by atoms with Crippen molar-refractivity contribution in [3.63, 3.8) is 0 Å². The number of likely N-dealkylation sites (tertiary alicyclic amines) is 1. The van der Waals surface area contributed by atoms with Crippen molar-refractivity contribution in [3.8, 4) is 0 Å². The Morgan fingerprint density at radius 2 is 1.83 bits per heavy atom. The van der Waals surface area contributed by atoms with Crippen LogP contribution in [0.15, 0.2) is 0 Å². The van der Waals surface area contributed by atoms with E-state index in [1.807, 2.05) is 0 Å². The topological polar surface area (TPSA) is 15.3 Å². The van der Waals surface area contributed by atoms with E-state index in [-0.39, 0.29) is 0 Å². The van der Waals surface area contributed by atoms with Gasteiger partial charge < -0.3 is 0 Å². The summed E-state index contributed by atoms with van der Waals surface area (Å²) in [7, 11) is 0. The number of hydrogen-bond acceptors (Lipinski definition) is 2. The quantitative estimate of drug-likeness (QED) is 0.822. The Morgan fingerprint density at radius 3 is 2.44 bits per heavy atom. The van der Waals surface area contributed by atoms with Crippen LogP contribution >= 0.6 is 0 Å². The van der Waals surface area contributed by atoms with Crippen molar-refractivity contribution in [1.82, 2.24) is 10.2 Å². The third-order valence-electron chi connectivity index (χ3n) is 4.61. The highest BCUT2D eigenvalue weighted by Gasteiger charge is 2.29. The first-order valence-electron chi connectivity index (χ1n) is 7.94. The SMILES string of the molecule is CC(NC1CCC(CC(C)(C)C)C1)N1CCCC1. The summed E-state index contributed by atoms with van der Waals surface area (Å²) in [6.07, 6.45) is 8.98. The summed E-state index contributed by atoms with van der Waals surface area (Å²) in [5.74, 6) is 0.952. The van der Waals surface area contributed by atoms with Gasteiger partial charge in [0.25, 0.3) is 0 Å². The molecule has 3 atom stereocenters. The van der Waals surface area contributed by atoms with Crippen molar-refractivity contribution in [2.24, 2.45) is 11.3 Å². The Hall–Kier alpha value is -0.0800. The van der Waals surface area contributed by atoms with E-state index < -0.39 is 0 Å². The fourth-order valence-electron chi connectivity index (χ4n) is 3.85. The van der Waals surface area contributed by atoms with Gasteiger partial charge in [0, 0.05) is 6.04 Å². The van der Waals surface area contributed by atoms with Crippen LogP contribution in [0.1, 0.15) is 66.2 Å². The van der Waals surface area contributed by atoms with Crippen molar-refractivity contribution in [2.45, 2.75) is 78.4 Å². The zero-order valence-corrected chi connectivity index (χ0v) is 12.8. The lowest BCUT2D eigenvalue weighted by atomic mass is 9.84. The average Bonchev–Trinajstić information content (AvgIpc) is 2.86. The van der Waals surface area contributed by atoms with Crippen LogP contribution in [0, 0.1) is 11.3 Å². The molecule has 0 spiro atoms. The largest absolute Gasteiger partial charge is 0.299 e. The lowest BCUT2D eigenvalue weighted by Crippen LogP contribution is -2.46. The zero-order valence-electron chi connectivity index (χ0n) is 12.8. The molecule has 1 heterocycles. The Kier molecular flexibility index (Phi) is 4.71. The molecule has 0 aromatic rings. The Balaban J connectivity index is 1.72. The average molecular weight is 252 g/mol. The summed E-state index contributed by atoms with van der Waals surface area (Å²) in [6, 6.07) is 0.771. The predicted octanol–water partition coefficient (Wildman–Crippen LogP) is 3.62. The number of hydrogen-bond donors (Lipinski definition) is 1. The van der Waals surface area contributed by atoms with E-state index in [0.717, 1.165) is 12.0 Å². The minimum absolute atomic E-state index is 0.500. The minimum atomic E-state index is 0.500. The maximum absolute atomic E-state index is 3.86. The van der Waals surface area contributed by atoms with Crippen LogP contribution in [0.2, 0.25) is 0 Å². The molecule has 0 amide bonds. The summed E-state index contributed by atoms with van der Waals surface area (Å²) < 4.78 is 0. The van der Waals surface area contributed by atoms with Gasteiger partial charge in [0.2, 0.25) is 0 Å². The molecule has 1 saturated carbocycles. The molecule has 3 unspecified atom stereocenters. The van der Waals surface area contributed by atoms with E-state index in [1.54, 1.807) is 0 Å². The molecule has 0 aromatic carbocycles. The fraction of sp³-hybridized carbons (Fsp3) is 1.00. The molecule has 106 valence electrons. The maximum Gasteiger partial charge on any atom is 0.0570 e. The Morgan fingerprint density at radius 1 is 1.17 bits per heavy atom. The number of rotatable bonds is 4. The normalized spacial score (nSPS) is 32.0. The molecule has 2 aliphatic rings. The van der Waals surface area contributed by atoms with Gasteiger partial charge in [-0.05, 0) is 69.9 Å². The molecule has 18 heavy (non-hydrogen) atoms. The molecule has 1 aliphatic carbocycles. The molecule has 2 nitrogen and oxygen atoms in total. The van der Waals surface area contributed by atoms with Gasteiger partial charge >= 0.3 is 0 Å². The molecular weight excluding hydrogens is 220 g/mol. The molecule has 1 saturated heterocycles. The van der Waals surface area contributed by atoms with Crippen molar-refractivity contribution in [3.05, 3.63) is 0 Å². The van der Waals surface area contributed by atoms with Gasteiger partial charge in [-0.1, -0.05) is 20.8 Å². The van der Waals surface area contributed by atoms with E-state index in [4.69, 9.17) is 0 Å². The molecule has 1 aliphatic heterocycles. The van der Waals surface area contributed by atoms with E-state index >= 15 is 0 Å². The highest BCUT2D eigenvalue weighted by molar-refractivity contribution is 4.85.